The average Bonchev–Trinajstić information content (AvgIpc) is 3.08. The Bertz CT molecular complexity index is 383. The van der Waals surface area contributed by atoms with E-state index in [0.29, 0.717) is 12.2 Å². The van der Waals surface area contributed by atoms with Crippen LogP contribution >= 0.6 is 0 Å². The van der Waals surface area contributed by atoms with Gasteiger partial charge in [-0.2, -0.15) is 0 Å². The first-order valence-electron chi connectivity index (χ1n) is 8.04. The topological polar surface area (TPSA) is 25.1 Å². The molecule has 2 rings (SSSR count). The Morgan fingerprint density at radius 1 is 1.05 bits per heavy atom. The van der Waals surface area contributed by atoms with Crippen LogP contribution in [-0.2, 0) is 9.47 Å². The van der Waals surface area contributed by atoms with E-state index < -0.39 is 8.07 Å². The summed E-state index contributed by atoms with van der Waals surface area (Å²) in [6, 6.07) is 1.25. The summed E-state index contributed by atoms with van der Waals surface area (Å²) < 4.78 is 11.6. The molecule has 2 aliphatic rings. The van der Waals surface area contributed by atoms with E-state index in [2.05, 4.69) is 47.0 Å². The molecule has 2 heterocycles. The van der Waals surface area contributed by atoms with E-state index in [1.807, 2.05) is 0 Å². The van der Waals surface area contributed by atoms with E-state index >= 15 is 0 Å². The molecule has 2 nitrogen and oxygen atoms in total. The van der Waals surface area contributed by atoms with Gasteiger partial charge >= 0.3 is 0 Å². The van der Waals surface area contributed by atoms with Crippen molar-refractivity contribution in [2.24, 2.45) is 0 Å². The fourth-order valence-electron chi connectivity index (χ4n) is 3.21. The van der Waals surface area contributed by atoms with E-state index in [9.17, 15) is 0 Å². The van der Waals surface area contributed by atoms with Gasteiger partial charge in [-0.25, -0.2) is 0 Å². The number of hydrogen-bond acceptors (Lipinski definition) is 2. The Morgan fingerprint density at radius 3 is 2.15 bits per heavy atom. The Morgan fingerprint density at radius 2 is 1.65 bits per heavy atom. The molecular weight excluding hydrogens is 264 g/mol. The molecule has 2 fully saturated rings. The smallest absolute Gasteiger partial charge is 0.0921 e. The largest absolute Gasteiger partial charge is 0.367 e. The normalized spacial score (nSPS) is 34.9. The molecule has 0 aliphatic carbocycles. The molecule has 0 aromatic carbocycles. The monoisotopic (exact) mass is 296 g/mol. The molecule has 0 saturated carbocycles. The molecule has 3 atom stereocenters. The van der Waals surface area contributed by atoms with Gasteiger partial charge in [-0.15, -0.1) is 6.58 Å². The van der Waals surface area contributed by atoms with E-state index in [4.69, 9.17) is 9.47 Å². The van der Waals surface area contributed by atoms with Gasteiger partial charge in [0, 0.05) is 8.07 Å². The number of allylic oxidation sites excluding steroid dienone is 1. The summed E-state index contributed by atoms with van der Waals surface area (Å²) in [5.41, 5.74) is 1.65. The summed E-state index contributed by atoms with van der Waals surface area (Å²) in [7, 11) is -1.00. The van der Waals surface area contributed by atoms with Crippen molar-refractivity contribution < 1.29 is 9.47 Å². The summed E-state index contributed by atoms with van der Waals surface area (Å²) >= 11 is 0. The lowest BCUT2D eigenvalue weighted by molar-refractivity contribution is 0.274. The van der Waals surface area contributed by atoms with Crippen LogP contribution < -0.4 is 0 Å². The van der Waals surface area contributed by atoms with Crippen molar-refractivity contribution in [3.05, 3.63) is 12.2 Å². The molecule has 0 spiro atoms. The zero-order valence-electron chi connectivity index (χ0n) is 14.2. The van der Waals surface area contributed by atoms with Crippen LogP contribution in [0.1, 0.15) is 46.5 Å². The average molecular weight is 297 g/mol. The first-order valence-corrected chi connectivity index (χ1v) is 11.7. The minimum atomic E-state index is -1.00. The van der Waals surface area contributed by atoms with Crippen molar-refractivity contribution in [1.82, 2.24) is 0 Å². The van der Waals surface area contributed by atoms with Gasteiger partial charge in [-0.05, 0) is 52.5 Å². The second kappa shape index (κ2) is 5.26. The highest BCUT2D eigenvalue weighted by molar-refractivity contribution is 6.76. The van der Waals surface area contributed by atoms with Crippen molar-refractivity contribution in [3.8, 4) is 0 Å². The summed E-state index contributed by atoms with van der Waals surface area (Å²) in [5.74, 6) is 0. The van der Waals surface area contributed by atoms with E-state index in [-0.39, 0.29) is 11.2 Å². The maximum absolute atomic E-state index is 5.95. The summed E-state index contributed by atoms with van der Waals surface area (Å²) in [5, 5.41) is 0. The molecule has 0 bridgehead atoms. The number of epoxide rings is 2. The Labute approximate surface area is 125 Å². The minimum Gasteiger partial charge on any atom is -0.367 e. The quantitative estimate of drug-likeness (QED) is 0.366. The molecule has 3 heteroatoms. The van der Waals surface area contributed by atoms with Crippen molar-refractivity contribution in [2.45, 2.75) is 95.5 Å². The second-order valence-corrected chi connectivity index (χ2v) is 14.2. The maximum Gasteiger partial charge on any atom is 0.0921 e. The van der Waals surface area contributed by atoms with Crippen LogP contribution in [0.3, 0.4) is 0 Å². The highest BCUT2D eigenvalue weighted by Crippen LogP contribution is 2.47. The predicted molar refractivity (Wildman–Crippen MR) is 88.0 cm³/mol. The van der Waals surface area contributed by atoms with Crippen LogP contribution in [0.4, 0.5) is 0 Å². The summed E-state index contributed by atoms with van der Waals surface area (Å²) in [4.78, 5) is 0. The third-order valence-corrected chi connectivity index (χ3v) is 6.20. The van der Waals surface area contributed by atoms with Crippen LogP contribution in [0.5, 0.6) is 0 Å². The Kier molecular flexibility index (Phi) is 4.27. The number of ether oxygens (including phenoxy) is 2. The zero-order chi connectivity index (χ0) is 15.2. The molecule has 0 unspecified atom stereocenters. The third-order valence-electron chi connectivity index (χ3n) is 4.64. The van der Waals surface area contributed by atoms with Gasteiger partial charge in [0.1, 0.15) is 0 Å². The summed E-state index contributed by atoms with van der Waals surface area (Å²) in [6.07, 6.45) is 5.45. The molecule has 0 aromatic rings. The molecule has 0 amide bonds. The van der Waals surface area contributed by atoms with Gasteiger partial charge in [-0.1, -0.05) is 25.2 Å². The number of hydrogen-bond donors (Lipinski definition) is 0. The molecule has 20 heavy (non-hydrogen) atoms. The molecule has 2 aliphatic heterocycles. The van der Waals surface area contributed by atoms with Crippen molar-refractivity contribution in [3.63, 3.8) is 0 Å². The number of rotatable bonds is 8. The predicted octanol–water partition coefficient (Wildman–Crippen LogP) is 4.78. The third kappa shape index (κ3) is 4.44. The molecule has 0 N–H and O–H groups in total. The lowest BCUT2D eigenvalue weighted by Crippen LogP contribution is -2.20. The van der Waals surface area contributed by atoms with Crippen molar-refractivity contribution in [1.29, 1.82) is 0 Å². The Hall–Kier alpha value is -0.123. The lowest BCUT2D eigenvalue weighted by atomic mass is 9.94. The highest BCUT2D eigenvalue weighted by atomic mass is 28.3. The van der Waals surface area contributed by atoms with Crippen LogP contribution in [0.25, 0.3) is 0 Å². The zero-order valence-corrected chi connectivity index (χ0v) is 15.2. The van der Waals surface area contributed by atoms with Gasteiger partial charge < -0.3 is 9.47 Å². The van der Waals surface area contributed by atoms with E-state index in [1.54, 1.807) is 0 Å². The fourth-order valence-corrected chi connectivity index (χ4v) is 4.88. The molecule has 0 aromatic heterocycles. The van der Waals surface area contributed by atoms with Crippen LogP contribution in [-0.4, -0.2) is 31.5 Å². The maximum atomic E-state index is 5.95. The van der Waals surface area contributed by atoms with Crippen molar-refractivity contribution in [2.75, 3.05) is 0 Å². The van der Waals surface area contributed by atoms with Gasteiger partial charge in [-0.3, -0.25) is 0 Å². The fraction of sp³-hybridized carbons (Fsp3) is 0.882. The molecular formula is C17H32O2Si. The van der Waals surface area contributed by atoms with Gasteiger partial charge in [0.05, 0.1) is 23.4 Å². The first-order chi connectivity index (χ1) is 9.02. The molecule has 116 valence electrons. The van der Waals surface area contributed by atoms with Crippen LogP contribution in [0.2, 0.25) is 25.7 Å². The first kappa shape index (κ1) is 16.3. The van der Waals surface area contributed by atoms with Crippen LogP contribution in [0, 0.1) is 0 Å². The van der Waals surface area contributed by atoms with E-state index in [0.717, 1.165) is 25.7 Å². The summed E-state index contributed by atoms with van der Waals surface area (Å²) in [6.45, 7) is 18.1. The highest BCUT2D eigenvalue weighted by Gasteiger charge is 2.54. The minimum absolute atomic E-state index is 0.113. The molecule has 0 radical (unpaired) electrons. The SMILES string of the molecule is C=C(CC[C@H]1O[C@]1(C)CC[C@H]1OC1(C)C)C[Si](C)(C)C. The van der Waals surface area contributed by atoms with Gasteiger partial charge in [0.15, 0.2) is 0 Å². The van der Waals surface area contributed by atoms with Crippen LogP contribution in [0.15, 0.2) is 12.2 Å². The van der Waals surface area contributed by atoms with Crippen molar-refractivity contribution >= 4 is 8.07 Å². The Balaban J connectivity index is 1.63. The molecule has 2 saturated heterocycles. The van der Waals surface area contributed by atoms with Gasteiger partial charge in [0.25, 0.3) is 0 Å². The van der Waals surface area contributed by atoms with Gasteiger partial charge in [0.2, 0.25) is 0 Å². The lowest BCUT2D eigenvalue weighted by Gasteiger charge is -2.17. The standard InChI is InChI=1S/C17H32O2Si/c1-13(12-20(5,6)7)8-9-15-17(4,19-15)11-10-14-16(2,3)18-14/h14-15H,1,8-12H2,2-7H3/t14-,15-,17-/m1/s1. The van der Waals surface area contributed by atoms with E-state index in [1.165, 1.54) is 11.6 Å². The second-order valence-electron chi connectivity index (χ2n) is 8.69.